The van der Waals surface area contributed by atoms with Gasteiger partial charge in [0.1, 0.15) is 0 Å². The minimum Gasteiger partial charge on any atom is -0.465 e. The van der Waals surface area contributed by atoms with Crippen LogP contribution in [0.3, 0.4) is 0 Å². The smallest absolute Gasteiger partial charge is 0.338 e. The summed E-state index contributed by atoms with van der Waals surface area (Å²) in [5.74, 6) is -0.509. The van der Waals surface area contributed by atoms with E-state index >= 15 is 0 Å². The molecule has 1 aliphatic rings. The maximum absolute atomic E-state index is 12.8. The van der Waals surface area contributed by atoms with E-state index in [0.29, 0.717) is 33.4 Å². The van der Waals surface area contributed by atoms with E-state index in [2.05, 4.69) is 10.2 Å². The van der Waals surface area contributed by atoms with Crippen LogP contribution in [0, 0.1) is 12.8 Å². The Morgan fingerprint density at radius 1 is 1.10 bits per heavy atom. The number of hydrogen-bond acceptors (Lipinski definition) is 4. The first kappa shape index (κ1) is 21.6. The molecule has 1 aliphatic heterocycles. The van der Waals surface area contributed by atoms with E-state index in [4.69, 9.17) is 27.9 Å². The molecule has 1 saturated heterocycles. The number of nitrogens with one attached hydrogen (secondary N) is 1. The number of likely N-dealkylation sites (tertiary alicyclic amines) is 1. The number of hydrogen-bond donors (Lipinski definition) is 1. The van der Waals surface area contributed by atoms with Crippen molar-refractivity contribution in [2.24, 2.45) is 5.92 Å². The third kappa shape index (κ3) is 5.10. The lowest BCUT2D eigenvalue weighted by Gasteiger charge is -2.31. The van der Waals surface area contributed by atoms with E-state index in [9.17, 15) is 9.59 Å². The molecule has 3 rings (SSSR count). The van der Waals surface area contributed by atoms with Gasteiger partial charge in [0, 0.05) is 33.8 Å². The molecule has 0 aromatic heterocycles. The molecule has 29 heavy (non-hydrogen) atoms. The molecule has 1 heterocycles. The molecule has 1 amide bonds. The predicted octanol–water partition coefficient (Wildman–Crippen LogP) is 4.94. The van der Waals surface area contributed by atoms with Crippen LogP contribution in [-0.2, 0) is 16.1 Å². The summed E-state index contributed by atoms with van der Waals surface area (Å²) in [6.45, 7) is 4.06. The van der Waals surface area contributed by atoms with Gasteiger partial charge in [0.25, 0.3) is 0 Å². The van der Waals surface area contributed by atoms with Crippen LogP contribution in [-0.4, -0.2) is 37.0 Å². The number of carbonyl (C=O) groups is 2. The zero-order chi connectivity index (χ0) is 21.0. The highest BCUT2D eigenvalue weighted by atomic mass is 35.5. The van der Waals surface area contributed by atoms with E-state index in [1.165, 1.54) is 7.11 Å². The maximum Gasteiger partial charge on any atom is 0.338 e. The molecule has 154 valence electrons. The van der Waals surface area contributed by atoms with Crippen molar-refractivity contribution in [2.45, 2.75) is 26.3 Å². The number of piperidine rings is 1. The van der Waals surface area contributed by atoms with Crippen LogP contribution in [0.2, 0.25) is 10.0 Å². The second-order valence-electron chi connectivity index (χ2n) is 7.21. The van der Waals surface area contributed by atoms with Gasteiger partial charge in [-0.2, -0.15) is 0 Å². The van der Waals surface area contributed by atoms with Crippen molar-refractivity contribution in [3.63, 3.8) is 0 Å². The van der Waals surface area contributed by atoms with Gasteiger partial charge in [-0.1, -0.05) is 35.3 Å². The number of benzene rings is 2. The van der Waals surface area contributed by atoms with Crippen LogP contribution in [0.1, 0.15) is 34.3 Å². The van der Waals surface area contributed by atoms with Gasteiger partial charge in [-0.15, -0.1) is 0 Å². The molecular weight excluding hydrogens is 411 g/mol. The molecule has 0 unspecified atom stereocenters. The van der Waals surface area contributed by atoms with Crippen LogP contribution < -0.4 is 5.32 Å². The molecule has 5 nitrogen and oxygen atoms in total. The molecule has 0 saturated carbocycles. The van der Waals surface area contributed by atoms with Gasteiger partial charge < -0.3 is 10.1 Å². The van der Waals surface area contributed by atoms with Crippen molar-refractivity contribution in [3.05, 3.63) is 63.1 Å². The minimum atomic E-state index is -0.412. The van der Waals surface area contributed by atoms with Crippen LogP contribution in [0.4, 0.5) is 5.69 Å². The summed E-state index contributed by atoms with van der Waals surface area (Å²) in [6, 6.07) is 10.7. The molecule has 0 radical (unpaired) electrons. The van der Waals surface area contributed by atoms with Crippen molar-refractivity contribution in [1.82, 2.24) is 4.90 Å². The van der Waals surface area contributed by atoms with Gasteiger partial charge in [-0.3, -0.25) is 9.69 Å². The lowest BCUT2D eigenvalue weighted by molar-refractivity contribution is -0.121. The van der Waals surface area contributed by atoms with Crippen molar-refractivity contribution in [2.75, 3.05) is 25.5 Å². The van der Waals surface area contributed by atoms with E-state index in [1.807, 2.05) is 18.2 Å². The minimum absolute atomic E-state index is 0.0226. The second kappa shape index (κ2) is 9.61. The molecule has 1 N–H and O–H groups in total. The number of methoxy groups -OCH3 is 1. The number of esters is 1. The highest BCUT2D eigenvalue weighted by Gasteiger charge is 2.26. The Morgan fingerprint density at radius 2 is 1.72 bits per heavy atom. The zero-order valence-corrected chi connectivity index (χ0v) is 18.0. The predicted molar refractivity (Wildman–Crippen MR) is 116 cm³/mol. The maximum atomic E-state index is 12.8. The molecular formula is C22H24Cl2N2O3. The molecule has 0 bridgehead atoms. The van der Waals surface area contributed by atoms with Gasteiger partial charge in [-0.25, -0.2) is 4.79 Å². The van der Waals surface area contributed by atoms with Crippen LogP contribution in [0.5, 0.6) is 0 Å². The van der Waals surface area contributed by atoms with Crippen molar-refractivity contribution in [3.8, 4) is 0 Å². The van der Waals surface area contributed by atoms with Crippen LogP contribution in [0.25, 0.3) is 0 Å². The van der Waals surface area contributed by atoms with Gasteiger partial charge in [-0.05, 0) is 62.7 Å². The highest BCUT2D eigenvalue weighted by molar-refractivity contribution is 6.35. The molecule has 1 fully saturated rings. The second-order valence-corrected chi connectivity index (χ2v) is 8.02. The Labute approximate surface area is 180 Å². The third-order valence-electron chi connectivity index (χ3n) is 5.40. The Kier molecular flexibility index (Phi) is 7.17. The molecule has 2 aromatic carbocycles. The molecule has 2 aromatic rings. The number of ether oxygens (including phenoxy) is 1. The quantitative estimate of drug-likeness (QED) is 0.676. The first-order chi connectivity index (χ1) is 13.9. The average Bonchev–Trinajstić information content (AvgIpc) is 2.72. The summed E-state index contributed by atoms with van der Waals surface area (Å²) in [7, 11) is 1.34. The topological polar surface area (TPSA) is 58.6 Å². The lowest BCUT2D eigenvalue weighted by atomic mass is 9.95. The fraction of sp³-hybridized carbons (Fsp3) is 0.364. The number of amides is 1. The summed E-state index contributed by atoms with van der Waals surface area (Å²) in [6.07, 6.45) is 1.51. The van der Waals surface area contributed by atoms with E-state index in [-0.39, 0.29) is 11.8 Å². The molecule has 7 heteroatoms. The molecule has 0 aliphatic carbocycles. The normalized spacial score (nSPS) is 15.2. The first-order valence-corrected chi connectivity index (χ1v) is 10.3. The first-order valence-electron chi connectivity index (χ1n) is 9.54. The Hall–Kier alpha value is -2.08. The van der Waals surface area contributed by atoms with Gasteiger partial charge in [0.2, 0.25) is 5.91 Å². The van der Waals surface area contributed by atoms with E-state index in [0.717, 1.165) is 31.5 Å². The highest BCUT2D eigenvalue weighted by Crippen LogP contribution is 2.28. The number of nitrogens with zero attached hydrogens (tertiary/aromatic N) is 1. The van der Waals surface area contributed by atoms with Gasteiger partial charge in [0.05, 0.1) is 12.7 Å². The van der Waals surface area contributed by atoms with E-state index in [1.54, 1.807) is 25.1 Å². The standard InChI is InChI=1S/C22H24Cl2N2O3/c1-14-16(22(28)29-2)5-3-8-20(14)25-21(27)15-9-11-26(12-10-15)13-17-18(23)6-4-7-19(17)24/h3-8,15H,9-13H2,1-2H3,(H,25,27). The van der Waals surface area contributed by atoms with Gasteiger partial charge >= 0.3 is 5.97 Å². The number of halogens is 2. The number of rotatable bonds is 5. The third-order valence-corrected chi connectivity index (χ3v) is 6.11. The number of carbonyl (C=O) groups excluding carboxylic acids is 2. The molecule has 0 spiro atoms. The summed E-state index contributed by atoms with van der Waals surface area (Å²) in [5.41, 5.74) is 2.73. The summed E-state index contributed by atoms with van der Waals surface area (Å²) in [4.78, 5) is 26.9. The Bertz CT molecular complexity index is 889. The van der Waals surface area contributed by atoms with Crippen LogP contribution in [0.15, 0.2) is 36.4 Å². The van der Waals surface area contributed by atoms with Crippen molar-refractivity contribution < 1.29 is 14.3 Å². The van der Waals surface area contributed by atoms with Crippen molar-refractivity contribution in [1.29, 1.82) is 0 Å². The van der Waals surface area contributed by atoms with E-state index < -0.39 is 5.97 Å². The lowest BCUT2D eigenvalue weighted by Crippen LogP contribution is -2.38. The SMILES string of the molecule is COC(=O)c1cccc(NC(=O)C2CCN(Cc3c(Cl)cccc3Cl)CC2)c1C. The summed E-state index contributed by atoms with van der Waals surface area (Å²) < 4.78 is 4.79. The van der Waals surface area contributed by atoms with Crippen molar-refractivity contribution >= 4 is 40.8 Å². The molecule has 0 atom stereocenters. The summed E-state index contributed by atoms with van der Waals surface area (Å²) >= 11 is 12.5. The zero-order valence-electron chi connectivity index (χ0n) is 16.5. The largest absolute Gasteiger partial charge is 0.465 e. The fourth-order valence-electron chi connectivity index (χ4n) is 3.60. The van der Waals surface area contributed by atoms with Gasteiger partial charge in [0.15, 0.2) is 0 Å². The average molecular weight is 435 g/mol. The monoisotopic (exact) mass is 434 g/mol. The Balaban J connectivity index is 1.59. The Morgan fingerprint density at radius 3 is 2.34 bits per heavy atom. The summed E-state index contributed by atoms with van der Waals surface area (Å²) in [5, 5.41) is 4.30. The van der Waals surface area contributed by atoms with Crippen LogP contribution >= 0.6 is 23.2 Å². The number of anilines is 1. The fourth-order valence-corrected chi connectivity index (χ4v) is 4.11.